The first kappa shape index (κ1) is 11.8. The Hall–Kier alpha value is -1.70. The molecule has 0 aliphatic rings. The summed E-state index contributed by atoms with van der Waals surface area (Å²) in [5.74, 6) is 0. The predicted octanol–water partition coefficient (Wildman–Crippen LogP) is 2.98. The first-order valence-electron chi connectivity index (χ1n) is 5.98. The molecule has 0 saturated carbocycles. The van der Waals surface area contributed by atoms with Crippen LogP contribution in [-0.4, -0.2) is 7.15 Å². The molecule has 2 rings (SSSR count). The van der Waals surface area contributed by atoms with E-state index in [1.54, 1.807) is 0 Å². The Morgan fingerprint density at radius 2 is 1.41 bits per heavy atom. The van der Waals surface area contributed by atoms with E-state index in [1.807, 2.05) is 24.3 Å². The molecular weight excluding hydrogens is 207 g/mol. The van der Waals surface area contributed by atoms with E-state index in [4.69, 9.17) is 0 Å². The van der Waals surface area contributed by atoms with E-state index in [2.05, 4.69) is 31.2 Å². The van der Waals surface area contributed by atoms with Gasteiger partial charge in [-0.1, -0.05) is 0 Å². The van der Waals surface area contributed by atoms with Crippen LogP contribution in [0.5, 0.6) is 0 Å². The number of hydrogen-bond acceptors (Lipinski definition) is 1. The molecule has 2 aromatic carbocycles. The van der Waals surface area contributed by atoms with Gasteiger partial charge in [0, 0.05) is 0 Å². The second kappa shape index (κ2) is 5.58. The zero-order chi connectivity index (χ0) is 12.1. The fourth-order valence-electron chi connectivity index (χ4n) is 1.91. The molecule has 0 saturated heterocycles. The van der Waals surface area contributed by atoms with Crippen molar-refractivity contribution in [3.8, 4) is 11.1 Å². The van der Waals surface area contributed by atoms with Gasteiger partial charge in [-0.2, -0.15) is 0 Å². The Kier molecular flexibility index (Phi) is 3.87. The van der Waals surface area contributed by atoms with Gasteiger partial charge in [-0.15, -0.1) is 0 Å². The second-order valence-corrected chi connectivity index (χ2v) is 4.19. The summed E-state index contributed by atoms with van der Waals surface area (Å²) < 4.78 is 10.6. The van der Waals surface area contributed by atoms with E-state index in [-0.39, 0.29) is 0 Å². The van der Waals surface area contributed by atoms with Gasteiger partial charge >= 0.3 is 102 Å². The van der Waals surface area contributed by atoms with Crippen LogP contribution >= 0.6 is 0 Å². The minimum atomic E-state index is 0.719. The Balaban J connectivity index is 2.23. The third-order valence-corrected chi connectivity index (χ3v) is 2.87. The fourth-order valence-corrected chi connectivity index (χ4v) is 1.91. The van der Waals surface area contributed by atoms with Crippen LogP contribution in [0.15, 0.2) is 48.5 Å². The van der Waals surface area contributed by atoms with Gasteiger partial charge in [0.15, 0.2) is 0 Å². The molecule has 84 valence electrons. The van der Waals surface area contributed by atoms with E-state index in [9.17, 15) is 4.70 Å². The summed E-state index contributed by atoms with van der Waals surface area (Å²) in [6, 6.07) is 16.3. The predicted molar refractivity (Wildman–Crippen MR) is 71.9 cm³/mol. The fraction of sp³-hybridized carbons (Fsp3) is 0.200. The minimum absolute atomic E-state index is 0.719. The van der Waals surface area contributed by atoms with Crippen LogP contribution in [0, 0.1) is 0 Å². The zero-order valence-electron chi connectivity index (χ0n) is 10.0. The molecule has 0 bridgehead atoms. The summed E-state index contributed by atoms with van der Waals surface area (Å²) in [5, 5.41) is 0. The van der Waals surface area contributed by atoms with Crippen molar-refractivity contribution in [2.45, 2.75) is 19.8 Å². The molecule has 0 atom stereocenters. The van der Waals surface area contributed by atoms with Crippen LogP contribution in [0.4, 0.5) is 0 Å². The number of benzene rings is 2. The topological polar surface area (TPSA) is 17.1 Å². The SMILES string of the molecule is CCCc1ccc(-c2ccc(B=O)cc2)cc1. The summed E-state index contributed by atoms with van der Waals surface area (Å²) in [7, 11) is 0.869. The van der Waals surface area contributed by atoms with Crippen LogP contribution in [0.25, 0.3) is 11.1 Å². The molecule has 17 heavy (non-hydrogen) atoms. The molecule has 0 radical (unpaired) electrons. The Morgan fingerprint density at radius 1 is 0.882 bits per heavy atom. The number of hydrogen-bond donors (Lipinski definition) is 0. The first-order chi connectivity index (χ1) is 8.33. The van der Waals surface area contributed by atoms with Crippen molar-refractivity contribution >= 4 is 12.6 Å². The van der Waals surface area contributed by atoms with Gasteiger partial charge in [0.1, 0.15) is 0 Å². The standard InChI is InChI=1S/C15H15BO/c1-2-3-12-4-6-13(7-5-12)14-8-10-15(16-17)11-9-14/h4-11H,2-3H2,1H3. The van der Waals surface area contributed by atoms with E-state index in [1.165, 1.54) is 17.5 Å². The van der Waals surface area contributed by atoms with Crippen LogP contribution < -0.4 is 5.46 Å². The maximum absolute atomic E-state index is 10.6. The quantitative estimate of drug-likeness (QED) is 0.726. The van der Waals surface area contributed by atoms with Gasteiger partial charge in [0.25, 0.3) is 0 Å². The van der Waals surface area contributed by atoms with E-state index >= 15 is 0 Å². The molecule has 0 N–H and O–H groups in total. The second-order valence-electron chi connectivity index (χ2n) is 4.19. The normalized spacial score (nSPS) is 9.94. The molecule has 0 heterocycles. The first-order valence-corrected chi connectivity index (χ1v) is 5.98. The van der Waals surface area contributed by atoms with Gasteiger partial charge < -0.3 is 0 Å². The number of aryl methyl sites for hydroxylation is 1. The molecule has 0 aliphatic heterocycles. The summed E-state index contributed by atoms with van der Waals surface area (Å²) in [6.07, 6.45) is 2.30. The van der Waals surface area contributed by atoms with Crippen LogP contribution in [0.2, 0.25) is 0 Å². The molecule has 0 aromatic heterocycles. The molecule has 2 aromatic rings. The van der Waals surface area contributed by atoms with Crippen molar-refractivity contribution in [3.63, 3.8) is 0 Å². The molecule has 0 aliphatic carbocycles. The zero-order valence-corrected chi connectivity index (χ0v) is 10.0. The van der Waals surface area contributed by atoms with Gasteiger partial charge in [-0.25, -0.2) is 0 Å². The van der Waals surface area contributed by atoms with Crippen molar-refractivity contribution in [2.24, 2.45) is 0 Å². The van der Waals surface area contributed by atoms with Crippen molar-refractivity contribution < 1.29 is 4.70 Å². The Bertz CT molecular complexity index is 485. The Morgan fingerprint density at radius 3 is 1.88 bits per heavy atom. The third-order valence-electron chi connectivity index (χ3n) is 2.87. The molecule has 0 spiro atoms. The summed E-state index contributed by atoms with van der Waals surface area (Å²) in [4.78, 5) is 0. The average molecular weight is 222 g/mol. The number of rotatable bonds is 4. The van der Waals surface area contributed by atoms with Crippen molar-refractivity contribution in [2.75, 3.05) is 0 Å². The molecule has 0 fully saturated rings. The van der Waals surface area contributed by atoms with Gasteiger partial charge in [-0.05, 0) is 0 Å². The van der Waals surface area contributed by atoms with Crippen molar-refractivity contribution in [1.29, 1.82) is 0 Å². The van der Waals surface area contributed by atoms with Crippen LogP contribution in [0.1, 0.15) is 18.9 Å². The van der Waals surface area contributed by atoms with Gasteiger partial charge in [0.05, 0.1) is 0 Å². The molecular formula is C15H15BO. The van der Waals surface area contributed by atoms with Crippen LogP contribution in [-0.2, 0) is 11.1 Å². The summed E-state index contributed by atoms with van der Waals surface area (Å²) >= 11 is 0. The van der Waals surface area contributed by atoms with Gasteiger partial charge in [0.2, 0.25) is 0 Å². The molecule has 0 unspecified atom stereocenters. The van der Waals surface area contributed by atoms with E-state index in [0.29, 0.717) is 0 Å². The van der Waals surface area contributed by atoms with Crippen molar-refractivity contribution in [1.82, 2.24) is 0 Å². The molecule has 1 nitrogen and oxygen atoms in total. The third kappa shape index (κ3) is 2.91. The van der Waals surface area contributed by atoms with Gasteiger partial charge in [-0.3, -0.25) is 0 Å². The maximum atomic E-state index is 10.6. The molecule has 2 heteroatoms. The summed E-state index contributed by atoms with van der Waals surface area (Å²) in [5.41, 5.74) is 4.44. The Labute approximate surface area is 103 Å². The molecule has 0 amide bonds. The monoisotopic (exact) mass is 222 g/mol. The average Bonchev–Trinajstić information content (AvgIpc) is 2.40. The van der Waals surface area contributed by atoms with Crippen LogP contribution in [0.3, 0.4) is 0 Å². The van der Waals surface area contributed by atoms with E-state index in [0.717, 1.165) is 24.6 Å². The van der Waals surface area contributed by atoms with E-state index < -0.39 is 0 Å². The van der Waals surface area contributed by atoms with Crippen molar-refractivity contribution in [3.05, 3.63) is 54.1 Å². The summed E-state index contributed by atoms with van der Waals surface area (Å²) in [6.45, 7) is 2.19.